The van der Waals surface area contributed by atoms with E-state index in [1.165, 1.54) is 18.2 Å². The molecule has 4 nitrogen and oxygen atoms in total. The third-order valence-electron chi connectivity index (χ3n) is 3.13. The molecule has 0 bridgehead atoms. The summed E-state index contributed by atoms with van der Waals surface area (Å²) in [6, 6.07) is 12.1. The number of anilines is 1. The lowest BCUT2D eigenvalue weighted by molar-refractivity contribution is 0.148. The van der Waals surface area contributed by atoms with E-state index in [1.54, 1.807) is 31.2 Å². The number of carbonyl (C=O) groups excluding carboxylic acids is 1. The van der Waals surface area contributed by atoms with Gasteiger partial charge in [-0.15, -0.1) is 0 Å². The molecule has 0 aliphatic heterocycles. The fourth-order valence-electron chi connectivity index (χ4n) is 2.04. The molecule has 0 saturated heterocycles. The number of carbonyl (C=O) groups is 1. The van der Waals surface area contributed by atoms with Crippen LogP contribution in [-0.4, -0.2) is 17.2 Å². The Morgan fingerprint density at radius 3 is 2.50 bits per heavy atom. The van der Waals surface area contributed by atoms with Gasteiger partial charge in [-0.1, -0.05) is 48.0 Å². The van der Waals surface area contributed by atoms with Crippen LogP contribution in [0.1, 0.15) is 18.5 Å². The van der Waals surface area contributed by atoms with Crippen LogP contribution in [0.15, 0.2) is 48.5 Å². The molecule has 0 heterocycles. The van der Waals surface area contributed by atoms with Gasteiger partial charge >= 0.3 is 6.03 Å². The maximum Gasteiger partial charge on any atom is 0.319 e. The standard InChI is InChI=1S/C16H16ClFN2O2/c1-10(21)15(11-6-3-2-4-7-11)20-16(22)19-13-9-5-8-12(17)14(13)18/h2-10,15,21H,1H3,(H2,19,20,22). The monoisotopic (exact) mass is 322 g/mol. The number of aliphatic hydroxyl groups excluding tert-OH is 1. The van der Waals surface area contributed by atoms with Gasteiger partial charge < -0.3 is 15.7 Å². The van der Waals surface area contributed by atoms with Crippen LogP contribution in [0.5, 0.6) is 0 Å². The zero-order valence-electron chi connectivity index (χ0n) is 11.9. The molecule has 116 valence electrons. The van der Waals surface area contributed by atoms with Crippen molar-refractivity contribution in [2.24, 2.45) is 0 Å². The maximum absolute atomic E-state index is 13.8. The zero-order chi connectivity index (χ0) is 16.1. The third kappa shape index (κ3) is 3.96. The van der Waals surface area contributed by atoms with E-state index >= 15 is 0 Å². The summed E-state index contributed by atoms with van der Waals surface area (Å²) < 4.78 is 13.8. The van der Waals surface area contributed by atoms with Gasteiger partial charge in [-0.25, -0.2) is 9.18 Å². The molecule has 0 aromatic heterocycles. The fraction of sp³-hybridized carbons (Fsp3) is 0.188. The Kier molecular flexibility index (Phi) is 5.35. The molecule has 6 heteroatoms. The number of rotatable bonds is 4. The first-order chi connectivity index (χ1) is 10.5. The second-order valence-electron chi connectivity index (χ2n) is 4.83. The van der Waals surface area contributed by atoms with E-state index in [-0.39, 0.29) is 10.7 Å². The summed E-state index contributed by atoms with van der Waals surface area (Å²) in [6.45, 7) is 1.57. The highest BCUT2D eigenvalue weighted by Crippen LogP contribution is 2.22. The summed E-state index contributed by atoms with van der Waals surface area (Å²) in [5.41, 5.74) is 0.724. The lowest BCUT2D eigenvalue weighted by Crippen LogP contribution is -2.37. The molecule has 0 spiro atoms. The van der Waals surface area contributed by atoms with Crippen molar-refractivity contribution in [3.05, 3.63) is 64.9 Å². The number of nitrogens with one attached hydrogen (secondary N) is 2. The molecule has 0 fully saturated rings. The van der Waals surface area contributed by atoms with Crippen LogP contribution in [-0.2, 0) is 0 Å². The van der Waals surface area contributed by atoms with Crippen LogP contribution in [0.25, 0.3) is 0 Å². The topological polar surface area (TPSA) is 61.4 Å². The Morgan fingerprint density at radius 1 is 1.18 bits per heavy atom. The summed E-state index contributed by atoms with van der Waals surface area (Å²) in [4.78, 5) is 12.0. The quantitative estimate of drug-likeness (QED) is 0.803. The Morgan fingerprint density at radius 2 is 1.86 bits per heavy atom. The van der Waals surface area contributed by atoms with Gasteiger partial charge in [0.15, 0.2) is 5.82 Å². The van der Waals surface area contributed by atoms with Crippen molar-refractivity contribution in [3.8, 4) is 0 Å². The van der Waals surface area contributed by atoms with Crippen LogP contribution >= 0.6 is 11.6 Å². The molecule has 2 aromatic rings. The summed E-state index contributed by atoms with van der Waals surface area (Å²) in [7, 11) is 0. The molecule has 22 heavy (non-hydrogen) atoms. The van der Waals surface area contributed by atoms with Gasteiger partial charge in [-0.05, 0) is 24.6 Å². The number of halogens is 2. The highest BCUT2D eigenvalue weighted by atomic mass is 35.5. The Labute approximate surface area is 132 Å². The lowest BCUT2D eigenvalue weighted by Gasteiger charge is -2.22. The Bertz CT molecular complexity index is 650. The number of hydrogen-bond donors (Lipinski definition) is 3. The van der Waals surface area contributed by atoms with Crippen molar-refractivity contribution < 1.29 is 14.3 Å². The maximum atomic E-state index is 13.8. The molecule has 2 amide bonds. The predicted molar refractivity (Wildman–Crippen MR) is 84.4 cm³/mol. The lowest BCUT2D eigenvalue weighted by atomic mass is 10.0. The van der Waals surface area contributed by atoms with E-state index in [4.69, 9.17) is 11.6 Å². The summed E-state index contributed by atoms with van der Waals surface area (Å²) in [5.74, 6) is -0.701. The number of urea groups is 1. The first-order valence-electron chi connectivity index (χ1n) is 6.73. The van der Waals surface area contributed by atoms with Crippen molar-refractivity contribution in [2.45, 2.75) is 19.1 Å². The first-order valence-corrected chi connectivity index (χ1v) is 7.11. The zero-order valence-corrected chi connectivity index (χ0v) is 12.6. The van der Waals surface area contributed by atoms with Crippen molar-refractivity contribution in [1.82, 2.24) is 5.32 Å². The minimum absolute atomic E-state index is 0.0256. The highest BCUT2D eigenvalue weighted by Gasteiger charge is 2.20. The van der Waals surface area contributed by atoms with Crippen molar-refractivity contribution in [3.63, 3.8) is 0 Å². The second kappa shape index (κ2) is 7.24. The molecule has 0 radical (unpaired) electrons. The Hall–Kier alpha value is -2.11. The third-order valence-corrected chi connectivity index (χ3v) is 3.42. The van der Waals surface area contributed by atoms with E-state index in [1.807, 2.05) is 6.07 Å². The van der Waals surface area contributed by atoms with Crippen molar-refractivity contribution in [1.29, 1.82) is 0 Å². The number of hydrogen-bond acceptors (Lipinski definition) is 2. The molecule has 2 atom stereocenters. The molecule has 2 aromatic carbocycles. The van der Waals surface area contributed by atoms with Crippen LogP contribution in [0.2, 0.25) is 5.02 Å². The minimum atomic E-state index is -0.808. The van der Waals surface area contributed by atoms with Gasteiger partial charge in [-0.2, -0.15) is 0 Å². The Balaban J connectivity index is 2.11. The van der Waals surface area contributed by atoms with Crippen LogP contribution < -0.4 is 10.6 Å². The average Bonchev–Trinajstić information content (AvgIpc) is 2.50. The van der Waals surface area contributed by atoms with E-state index < -0.39 is 24.0 Å². The van der Waals surface area contributed by atoms with Gasteiger partial charge in [0.1, 0.15) is 0 Å². The van der Waals surface area contributed by atoms with E-state index in [0.29, 0.717) is 0 Å². The summed E-state index contributed by atoms with van der Waals surface area (Å²) in [5, 5.41) is 14.8. The summed E-state index contributed by atoms with van der Waals surface area (Å²) in [6.07, 6.45) is -0.808. The average molecular weight is 323 g/mol. The molecule has 3 N–H and O–H groups in total. The van der Waals surface area contributed by atoms with Crippen LogP contribution in [0, 0.1) is 5.82 Å². The number of amides is 2. The van der Waals surface area contributed by atoms with Gasteiger partial charge in [0, 0.05) is 0 Å². The normalized spacial score (nSPS) is 13.3. The fourth-order valence-corrected chi connectivity index (χ4v) is 2.22. The van der Waals surface area contributed by atoms with Gasteiger partial charge in [0.25, 0.3) is 0 Å². The predicted octanol–water partition coefficient (Wildman–Crippen LogP) is 3.72. The number of aliphatic hydroxyl groups is 1. The smallest absolute Gasteiger partial charge is 0.319 e. The van der Waals surface area contributed by atoms with E-state index in [9.17, 15) is 14.3 Å². The summed E-state index contributed by atoms with van der Waals surface area (Å²) >= 11 is 5.66. The molecular weight excluding hydrogens is 307 g/mol. The second-order valence-corrected chi connectivity index (χ2v) is 5.24. The van der Waals surface area contributed by atoms with Gasteiger partial charge in [0.2, 0.25) is 0 Å². The molecule has 2 rings (SSSR count). The molecular formula is C16H16ClFN2O2. The molecule has 2 unspecified atom stereocenters. The SMILES string of the molecule is CC(O)C(NC(=O)Nc1cccc(Cl)c1F)c1ccccc1. The van der Waals surface area contributed by atoms with Crippen LogP contribution in [0.4, 0.5) is 14.9 Å². The van der Waals surface area contributed by atoms with Crippen molar-refractivity contribution >= 4 is 23.3 Å². The molecule has 0 saturated carbocycles. The molecule has 0 aliphatic carbocycles. The highest BCUT2D eigenvalue weighted by molar-refractivity contribution is 6.31. The van der Waals surface area contributed by atoms with Gasteiger partial charge in [-0.3, -0.25) is 0 Å². The van der Waals surface area contributed by atoms with Crippen molar-refractivity contribution in [2.75, 3.05) is 5.32 Å². The van der Waals surface area contributed by atoms with Crippen LogP contribution in [0.3, 0.4) is 0 Å². The molecule has 0 aliphatic rings. The van der Waals surface area contributed by atoms with E-state index in [0.717, 1.165) is 5.56 Å². The largest absolute Gasteiger partial charge is 0.391 e. The minimum Gasteiger partial charge on any atom is -0.391 e. The first kappa shape index (κ1) is 16.3. The van der Waals surface area contributed by atoms with Gasteiger partial charge in [0.05, 0.1) is 22.9 Å². The van der Waals surface area contributed by atoms with E-state index in [2.05, 4.69) is 10.6 Å². The number of benzene rings is 2.